The maximum Gasteiger partial charge on any atom is 0.0718 e. The maximum atomic E-state index is 5.83. The lowest BCUT2D eigenvalue weighted by Gasteiger charge is -2.07. The number of halogens is 2. The van der Waals surface area contributed by atoms with Crippen molar-refractivity contribution in [2.45, 2.75) is 19.6 Å². The fraction of sp³-hybridized carbons (Fsp3) is 0.400. The van der Waals surface area contributed by atoms with Gasteiger partial charge in [-0.2, -0.15) is 0 Å². The Morgan fingerprint density at radius 2 is 1.86 bits per heavy atom. The van der Waals surface area contributed by atoms with Gasteiger partial charge >= 0.3 is 0 Å². The molecule has 78 valence electrons. The zero-order valence-electron chi connectivity index (χ0n) is 7.97. The van der Waals surface area contributed by atoms with E-state index in [2.05, 4.69) is 0 Å². The summed E-state index contributed by atoms with van der Waals surface area (Å²) in [5.74, 6) is 0. The van der Waals surface area contributed by atoms with E-state index in [1.54, 1.807) is 6.07 Å². The van der Waals surface area contributed by atoms with Gasteiger partial charge in [0.15, 0.2) is 0 Å². The summed E-state index contributed by atoms with van der Waals surface area (Å²) >= 11 is 11.7. The van der Waals surface area contributed by atoms with Crippen LogP contribution >= 0.6 is 23.2 Å². The van der Waals surface area contributed by atoms with Crippen molar-refractivity contribution in [3.05, 3.63) is 33.8 Å². The van der Waals surface area contributed by atoms with Crippen LogP contribution in [0.15, 0.2) is 18.2 Å². The molecule has 1 rings (SSSR count). The van der Waals surface area contributed by atoms with Gasteiger partial charge in [-0.15, -0.1) is 0 Å². The van der Waals surface area contributed by atoms with Crippen LogP contribution in [0.3, 0.4) is 0 Å². The van der Waals surface area contributed by atoms with Crippen LogP contribution in [0.4, 0.5) is 0 Å². The molecule has 0 fully saturated rings. The van der Waals surface area contributed by atoms with E-state index in [-0.39, 0.29) is 6.04 Å². The Hall–Kier alpha value is -0.280. The number of hydrogen-bond donors (Lipinski definition) is 1. The molecule has 0 bridgehead atoms. The summed E-state index contributed by atoms with van der Waals surface area (Å²) in [7, 11) is 0. The Morgan fingerprint density at radius 3 is 2.36 bits per heavy atom. The first-order chi connectivity index (χ1) is 6.58. The van der Waals surface area contributed by atoms with E-state index in [9.17, 15) is 0 Å². The predicted molar refractivity (Wildman–Crippen MR) is 59.8 cm³/mol. The van der Waals surface area contributed by atoms with Crippen LogP contribution in [0.2, 0.25) is 10.0 Å². The molecule has 1 aromatic rings. The molecule has 0 aromatic heterocycles. The van der Waals surface area contributed by atoms with E-state index in [0.29, 0.717) is 23.3 Å². The average Bonchev–Trinajstić information content (AvgIpc) is 2.01. The molecule has 0 radical (unpaired) electrons. The first-order valence-electron chi connectivity index (χ1n) is 4.36. The Bertz CT molecular complexity index is 282. The minimum atomic E-state index is 0.0460. The SMILES string of the molecule is C[C@@H](N)COCc1cc(Cl)cc(Cl)c1. The summed E-state index contributed by atoms with van der Waals surface area (Å²) in [5, 5.41) is 1.24. The van der Waals surface area contributed by atoms with Crippen LogP contribution in [-0.2, 0) is 11.3 Å². The van der Waals surface area contributed by atoms with Crippen LogP contribution < -0.4 is 5.73 Å². The van der Waals surface area contributed by atoms with Gasteiger partial charge in [0.2, 0.25) is 0 Å². The summed E-state index contributed by atoms with van der Waals surface area (Å²) in [5.41, 5.74) is 6.50. The van der Waals surface area contributed by atoms with Gasteiger partial charge in [-0.3, -0.25) is 0 Å². The molecular formula is C10H13Cl2NO. The second-order valence-corrected chi connectivity index (χ2v) is 4.14. The monoisotopic (exact) mass is 233 g/mol. The Morgan fingerprint density at radius 1 is 1.29 bits per heavy atom. The van der Waals surface area contributed by atoms with Crippen molar-refractivity contribution in [1.29, 1.82) is 0 Å². The number of benzene rings is 1. The minimum absolute atomic E-state index is 0.0460. The van der Waals surface area contributed by atoms with E-state index in [1.807, 2.05) is 19.1 Å². The van der Waals surface area contributed by atoms with E-state index < -0.39 is 0 Å². The molecule has 0 aliphatic heterocycles. The normalized spacial score (nSPS) is 12.9. The molecule has 1 aromatic carbocycles. The standard InChI is InChI=1S/C10H13Cl2NO/c1-7(13)5-14-6-8-2-9(11)4-10(12)3-8/h2-4,7H,5-6,13H2,1H3/t7-/m1/s1. The van der Waals surface area contributed by atoms with Crippen molar-refractivity contribution in [2.24, 2.45) is 5.73 Å². The van der Waals surface area contributed by atoms with E-state index >= 15 is 0 Å². The molecule has 14 heavy (non-hydrogen) atoms. The van der Waals surface area contributed by atoms with Crippen molar-refractivity contribution in [1.82, 2.24) is 0 Å². The molecule has 0 aliphatic carbocycles. The molecule has 0 unspecified atom stereocenters. The van der Waals surface area contributed by atoms with Gasteiger partial charge in [-0.05, 0) is 30.7 Å². The first-order valence-corrected chi connectivity index (χ1v) is 5.12. The first kappa shape index (κ1) is 11.8. The molecule has 0 saturated heterocycles. The van der Waals surface area contributed by atoms with Gasteiger partial charge in [0.25, 0.3) is 0 Å². The molecule has 0 aliphatic rings. The summed E-state index contributed by atoms with van der Waals surface area (Å²) in [6, 6.07) is 5.39. The average molecular weight is 234 g/mol. The quantitative estimate of drug-likeness (QED) is 0.869. The smallest absolute Gasteiger partial charge is 0.0718 e. The van der Waals surface area contributed by atoms with Gasteiger partial charge in [-0.25, -0.2) is 0 Å². The number of hydrogen-bond acceptors (Lipinski definition) is 2. The van der Waals surface area contributed by atoms with E-state index in [0.717, 1.165) is 5.56 Å². The van der Waals surface area contributed by atoms with Gasteiger partial charge in [-0.1, -0.05) is 23.2 Å². The number of ether oxygens (including phenoxy) is 1. The second kappa shape index (κ2) is 5.56. The van der Waals surface area contributed by atoms with Crippen molar-refractivity contribution < 1.29 is 4.74 Å². The van der Waals surface area contributed by atoms with E-state index in [1.165, 1.54) is 0 Å². The van der Waals surface area contributed by atoms with Gasteiger partial charge in [0, 0.05) is 16.1 Å². The van der Waals surface area contributed by atoms with Crippen LogP contribution in [0.25, 0.3) is 0 Å². The molecule has 0 heterocycles. The summed E-state index contributed by atoms with van der Waals surface area (Å²) < 4.78 is 5.35. The van der Waals surface area contributed by atoms with Gasteiger partial charge < -0.3 is 10.5 Å². The van der Waals surface area contributed by atoms with Gasteiger partial charge in [0.1, 0.15) is 0 Å². The molecule has 0 amide bonds. The highest BCUT2D eigenvalue weighted by molar-refractivity contribution is 6.34. The third kappa shape index (κ3) is 4.29. The summed E-state index contributed by atoms with van der Waals surface area (Å²) in [4.78, 5) is 0. The molecule has 0 saturated carbocycles. The molecule has 2 nitrogen and oxygen atoms in total. The minimum Gasteiger partial charge on any atom is -0.375 e. The number of rotatable bonds is 4. The molecule has 4 heteroatoms. The van der Waals surface area contributed by atoms with Crippen LogP contribution in [-0.4, -0.2) is 12.6 Å². The van der Waals surface area contributed by atoms with Crippen LogP contribution in [0, 0.1) is 0 Å². The zero-order valence-corrected chi connectivity index (χ0v) is 9.48. The van der Waals surface area contributed by atoms with Crippen molar-refractivity contribution >= 4 is 23.2 Å². The third-order valence-corrected chi connectivity index (χ3v) is 2.01. The van der Waals surface area contributed by atoms with Crippen molar-refractivity contribution in [3.63, 3.8) is 0 Å². The lowest BCUT2D eigenvalue weighted by molar-refractivity contribution is 0.111. The predicted octanol–water partition coefficient (Wildman–Crippen LogP) is 2.86. The largest absolute Gasteiger partial charge is 0.375 e. The zero-order chi connectivity index (χ0) is 10.6. The summed E-state index contributed by atoms with van der Waals surface area (Å²) in [6.07, 6.45) is 0. The maximum absolute atomic E-state index is 5.83. The highest BCUT2D eigenvalue weighted by Gasteiger charge is 1.99. The van der Waals surface area contributed by atoms with Crippen molar-refractivity contribution in [2.75, 3.05) is 6.61 Å². The topological polar surface area (TPSA) is 35.2 Å². The fourth-order valence-electron chi connectivity index (χ4n) is 1.06. The molecule has 2 N–H and O–H groups in total. The lowest BCUT2D eigenvalue weighted by atomic mass is 10.2. The fourth-order valence-corrected chi connectivity index (χ4v) is 1.63. The van der Waals surface area contributed by atoms with E-state index in [4.69, 9.17) is 33.7 Å². The highest BCUT2D eigenvalue weighted by atomic mass is 35.5. The lowest BCUT2D eigenvalue weighted by Crippen LogP contribution is -2.21. The molecule has 0 spiro atoms. The Balaban J connectivity index is 2.50. The Labute approximate surface area is 94.0 Å². The second-order valence-electron chi connectivity index (χ2n) is 3.27. The van der Waals surface area contributed by atoms with Gasteiger partial charge in [0.05, 0.1) is 13.2 Å². The van der Waals surface area contributed by atoms with Crippen LogP contribution in [0.1, 0.15) is 12.5 Å². The molecule has 1 atom stereocenters. The Kier molecular flexibility index (Phi) is 4.69. The van der Waals surface area contributed by atoms with Crippen molar-refractivity contribution in [3.8, 4) is 0 Å². The number of nitrogens with two attached hydrogens (primary N) is 1. The molecular weight excluding hydrogens is 221 g/mol. The summed E-state index contributed by atoms with van der Waals surface area (Å²) in [6.45, 7) is 2.91. The third-order valence-electron chi connectivity index (χ3n) is 1.57. The van der Waals surface area contributed by atoms with Crippen LogP contribution in [0.5, 0.6) is 0 Å². The highest BCUT2D eigenvalue weighted by Crippen LogP contribution is 2.19.